The standard InChI is InChI=1S/C4H8N2O/c1-4(5)7-3-6-2/h3,5H,1-2H3. The molecule has 0 aliphatic carbocycles. The molecule has 0 heterocycles. The number of rotatable bonds is 1. The number of nitrogens with zero attached hydrogens (tertiary/aromatic N) is 1. The quantitative estimate of drug-likeness (QED) is 0.382. The van der Waals surface area contributed by atoms with Crippen LogP contribution < -0.4 is 0 Å². The normalized spacial score (nSPS) is 9.43. The van der Waals surface area contributed by atoms with E-state index in [1.807, 2.05) is 0 Å². The fourth-order valence-corrected chi connectivity index (χ4v) is 0.132. The molecule has 0 unspecified atom stereocenters. The van der Waals surface area contributed by atoms with Crippen molar-refractivity contribution in [3.63, 3.8) is 0 Å². The molecule has 0 atom stereocenters. The predicted molar refractivity (Wildman–Crippen MR) is 28.9 cm³/mol. The van der Waals surface area contributed by atoms with E-state index in [2.05, 4.69) is 9.73 Å². The minimum Gasteiger partial charge on any atom is -0.433 e. The molecule has 0 amide bonds. The maximum absolute atomic E-state index is 6.68. The van der Waals surface area contributed by atoms with E-state index in [4.69, 9.17) is 5.41 Å². The Kier molecular flexibility index (Phi) is 2.92. The Morgan fingerprint density at radius 1 is 1.86 bits per heavy atom. The highest BCUT2D eigenvalue weighted by molar-refractivity contribution is 5.77. The first-order valence-electron chi connectivity index (χ1n) is 1.90. The van der Waals surface area contributed by atoms with Crippen LogP contribution in [0.15, 0.2) is 4.99 Å². The molecule has 7 heavy (non-hydrogen) atoms. The van der Waals surface area contributed by atoms with Gasteiger partial charge in [0.15, 0.2) is 12.3 Å². The van der Waals surface area contributed by atoms with Gasteiger partial charge in [0.2, 0.25) is 0 Å². The van der Waals surface area contributed by atoms with E-state index in [0.29, 0.717) is 0 Å². The SMILES string of the molecule is CN=COC(C)=N. The molecule has 0 bridgehead atoms. The molecule has 0 aromatic heterocycles. The third-order valence-corrected chi connectivity index (χ3v) is 0.335. The van der Waals surface area contributed by atoms with Crippen molar-refractivity contribution in [2.75, 3.05) is 7.05 Å². The third kappa shape index (κ3) is 5.14. The van der Waals surface area contributed by atoms with Crippen LogP contribution in [0.4, 0.5) is 0 Å². The van der Waals surface area contributed by atoms with Crippen LogP contribution in [0, 0.1) is 5.41 Å². The summed E-state index contributed by atoms with van der Waals surface area (Å²) in [5.74, 6) is 0.158. The zero-order valence-electron chi connectivity index (χ0n) is 4.43. The number of hydrogen-bond acceptors (Lipinski definition) is 3. The van der Waals surface area contributed by atoms with Crippen molar-refractivity contribution in [3.8, 4) is 0 Å². The lowest BCUT2D eigenvalue weighted by Crippen LogP contribution is -1.92. The summed E-state index contributed by atoms with van der Waals surface area (Å²) in [6.45, 7) is 1.54. The molecule has 0 rings (SSSR count). The van der Waals surface area contributed by atoms with Crippen molar-refractivity contribution >= 4 is 12.3 Å². The topological polar surface area (TPSA) is 45.4 Å². The molecular formula is C4H8N2O. The molecule has 0 fully saturated rings. The van der Waals surface area contributed by atoms with Gasteiger partial charge in [-0.2, -0.15) is 0 Å². The second-order valence-electron chi connectivity index (χ2n) is 1.04. The monoisotopic (exact) mass is 100 g/mol. The lowest BCUT2D eigenvalue weighted by Gasteiger charge is -1.88. The fourth-order valence-electron chi connectivity index (χ4n) is 0.132. The number of hydrogen-bond donors (Lipinski definition) is 1. The van der Waals surface area contributed by atoms with E-state index in [9.17, 15) is 0 Å². The van der Waals surface area contributed by atoms with Crippen molar-refractivity contribution in [2.45, 2.75) is 6.92 Å². The minimum atomic E-state index is 0.158. The summed E-state index contributed by atoms with van der Waals surface area (Å²) in [5, 5.41) is 6.68. The summed E-state index contributed by atoms with van der Waals surface area (Å²) in [7, 11) is 1.59. The van der Waals surface area contributed by atoms with Crippen LogP contribution in [0.25, 0.3) is 0 Å². The Hall–Kier alpha value is -0.860. The lowest BCUT2D eigenvalue weighted by atomic mass is 10.8. The van der Waals surface area contributed by atoms with Gasteiger partial charge in [-0.3, -0.25) is 10.4 Å². The van der Waals surface area contributed by atoms with E-state index in [1.165, 1.54) is 6.40 Å². The predicted octanol–water partition coefficient (Wildman–Crippen LogP) is 0.658. The maximum Gasteiger partial charge on any atom is 0.185 e. The van der Waals surface area contributed by atoms with E-state index in [1.54, 1.807) is 14.0 Å². The van der Waals surface area contributed by atoms with Crippen LogP contribution in [0.3, 0.4) is 0 Å². The van der Waals surface area contributed by atoms with Gasteiger partial charge in [-0.25, -0.2) is 0 Å². The van der Waals surface area contributed by atoms with Crippen molar-refractivity contribution < 1.29 is 4.74 Å². The number of aliphatic imine (C=N–C) groups is 1. The summed E-state index contributed by atoms with van der Waals surface area (Å²) in [6.07, 6.45) is 1.22. The van der Waals surface area contributed by atoms with Crippen molar-refractivity contribution in [3.05, 3.63) is 0 Å². The molecule has 0 aliphatic heterocycles. The van der Waals surface area contributed by atoms with E-state index in [-0.39, 0.29) is 5.90 Å². The molecule has 0 saturated heterocycles. The van der Waals surface area contributed by atoms with Crippen LogP contribution in [-0.2, 0) is 4.74 Å². The molecule has 0 aromatic rings. The Balaban J connectivity index is 3.14. The van der Waals surface area contributed by atoms with Gasteiger partial charge in [0.1, 0.15) is 0 Å². The molecular weight excluding hydrogens is 92.1 g/mol. The number of ether oxygens (including phenoxy) is 1. The molecule has 0 radical (unpaired) electrons. The van der Waals surface area contributed by atoms with Gasteiger partial charge in [0.25, 0.3) is 0 Å². The number of nitrogens with one attached hydrogen (secondary N) is 1. The van der Waals surface area contributed by atoms with Crippen molar-refractivity contribution in [2.24, 2.45) is 4.99 Å². The van der Waals surface area contributed by atoms with E-state index in [0.717, 1.165) is 0 Å². The van der Waals surface area contributed by atoms with Gasteiger partial charge in [0, 0.05) is 14.0 Å². The summed E-state index contributed by atoms with van der Waals surface area (Å²) in [4.78, 5) is 3.49. The summed E-state index contributed by atoms with van der Waals surface area (Å²) in [6, 6.07) is 0. The molecule has 3 heteroatoms. The molecule has 3 nitrogen and oxygen atoms in total. The van der Waals surface area contributed by atoms with Crippen LogP contribution >= 0.6 is 0 Å². The van der Waals surface area contributed by atoms with Crippen molar-refractivity contribution in [1.82, 2.24) is 0 Å². The maximum atomic E-state index is 6.68. The molecule has 40 valence electrons. The summed E-state index contributed by atoms with van der Waals surface area (Å²) in [5.41, 5.74) is 0. The molecule has 0 aromatic carbocycles. The second kappa shape index (κ2) is 3.33. The average Bonchev–Trinajstić information content (AvgIpc) is 1.61. The van der Waals surface area contributed by atoms with Crippen LogP contribution in [-0.4, -0.2) is 19.3 Å². The Morgan fingerprint density at radius 2 is 2.43 bits per heavy atom. The highest BCUT2D eigenvalue weighted by atomic mass is 16.5. The second-order valence-corrected chi connectivity index (χ2v) is 1.04. The van der Waals surface area contributed by atoms with Gasteiger partial charge in [-0.15, -0.1) is 0 Å². The van der Waals surface area contributed by atoms with Gasteiger partial charge in [-0.1, -0.05) is 0 Å². The smallest absolute Gasteiger partial charge is 0.185 e. The Labute approximate surface area is 42.5 Å². The van der Waals surface area contributed by atoms with Crippen LogP contribution in [0.5, 0.6) is 0 Å². The van der Waals surface area contributed by atoms with Gasteiger partial charge in [-0.05, 0) is 0 Å². The molecule has 1 N–H and O–H groups in total. The summed E-state index contributed by atoms with van der Waals surface area (Å²) < 4.78 is 4.48. The van der Waals surface area contributed by atoms with Crippen LogP contribution in [0.2, 0.25) is 0 Å². The van der Waals surface area contributed by atoms with Crippen LogP contribution in [0.1, 0.15) is 6.92 Å². The summed E-state index contributed by atoms with van der Waals surface area (Å²) >= 11 is 0. The average molecular weight is 100 g/mol. The zero-order chi connectivity index (χ0) is 5.70. The minimum absolute atomic E-state index is 0.158. The molecule has 0 saturated carbocycles. The van der Waals surface area contributed by atoms with Gasteiger partial charge in [0.05, 0.1) is 0 Å². The Morgan fingerprint density at radius 3 is 2.57 bits per heavy atom. The third-order valence-electron chi connectivity index (χ3n) is 0.335. The first-order chi connectivity index (χ1) is 3.27. The first-order valence-corrected chi connectivity index (χ1v) is 1.90. The highest BCUT2D eigenvalue weighted by Crippen LogP contribution is 1.67. The Bertz CT molecular complexity index is 87.7. The van der Waals surface area contributed by atoms with E-state index < -0.39 is 0 Å². The van der Waals surface area contributed by atoms with Gasteiger partial charge >= 0.3 is 0 Å². The van der Waals surface area contributed by atoms with E-state index >= 15 is 0 Å². The lowest BCUT2D eigenvalue weighted by molar-refractivity contribution is 0.557. The largest absolute Gasteiger partial charge is 0.433 e. The highest BCUT2D eigenvalue weighted by Gasteiger charge is 1.75. The molecule has 0 spiro atoms. The van der Waals surface area contributed by atoms with Crippen molar-refractivity contribution in [1.29, 1.82) is 5.41 Å². The van der Waals surface area contributed by atoms with Gasteiger partial charge < -0.3 is 4.74 Å². The molecule has 0 aliphatic rings. The first kappa shape index (κ1) is 6.14. The zero-order valence-corrected chi connectivity index (χ0v) is 4.43. The fraction of sp³-hybridized carbons (Fsp3) is 0.500.